The second kappa shape index (κ2) is 10.7. The van der Waals surface area contributed by atoms with Crippen LogP contribution in [0.2, 0.25) is 0 Å². The van der Waals surface area contributed by atoms with Crippen molar-refractivity contribution in [3.05, 3.63) is 60.4 Å². The van der Waals surface area contributed by atoms with Crippen molar-refractivity contribution in [3.8, 4) is 11.3 Å². The monoisotopic (exact) mass is 435 g/mol. The maximum atomic E-state index is 11.8. The lowest BCUT2D eigenvalue weighted by atomic mass is 10.2. The molecule has 8 nitrogen and oxygen atoms in total. The number of aliphatic hydroxyl groups is 1. The highest BCUT2D eigenvalue weighted by Crippen LogP contribution is 2.20. The molecule has 0 aliphatic carbocycles. The van der Waals surface area contributed by atoms with Gasteiger partial charge in [0.2, 0.25) is 5.95 Å². The summed E-state index contributed by atoms with van der Waals surface area (Å²) in [5.41, 5.74) is 2.76. The van der Waals surface area contributed by atoms with Crippen molar-refractivity contribution >= 4 is 23.4 Å². The zero-order valence-electron chi connectivity index (χ0n) is 18.6. The summed E-state index contributed by atoms with van der Waals surface area (Å²) in [6, 6.07) is 13.1. The number of nitrogens with zero attached hydrogens (tertiary/aromatic N) is 3. The lowest BCUT2D eigenvalue weighted by Gasteiger charge is -2.19. The van der Waals surface area contributed by atoms with Crippen molar-refractivity contribution in [3.63, 3.8) is 0 Å². The Kier molecular flexibility index (Phi) is 7.72. The molecule has 0 saturated heterocycles. The van der Waals surface area contributed by atoms with Crippen LogP contribution in [0.4, 0.5) is 17.5 Å². The first-order valence-electron chi connectivity index (χ1n) is 10.5. The van der Waals surface area contributed by atoms with E-state index in [1.54, 1.807) is 12.4 Å². The van der Waals surface area contributed by atoms with Crippen LogP contribution in [0.5, 0.6) is 0 Å². The molecule has 8 heteroatoms. The van der Waals surface area contributed by atoms with Crippen molar-refractivity contribution in [2.45, 2.75) is 45.8 Å². The molecule has 1 aromatic carbocycles. The number of aliphatic hydroxyl groups excluding tert-OH is 1. The molecular weight excluding hydrogens is 406 g/mol. The molecule has 0 aliphatic rings. The molecule has 0 unspecified atom stereocenters. The van der Waals surface area contributed by atoms with Gasteiger partial charge < -0.3 is 20.5 Å². The summed E-state index contributed by atoms with van der Waals surface area (Å²) in [6.45, 7) is 6.18. The molecule has 3 aromatic rings. The molecule has 2 aromatic heterocycles. The van der Waals surface area contributed by atoms with E-state index in [9.17, 15) is 9.90 Å². The zero-order valence-corrected chi connectivity index (χ0v) is 18.6. The highest BCUT2D eigenvalue weighted by atomic mass is 16.6. The van der Waals surface area contributed by atoms with Crippen LogP contribution in [0, 0.1) is 0 Å². The molecule has 0 bridgehead atoms. The van der Waals surface area contributed by atoms with Gasteiger partial charge in [-0.05, 0) is 63.1 Å². The number of nitrogens with one attached hydrogen (secondary N) is 2. The number of esters is 1. The maximum Gasteiger partial charge on any atom is 0.306 e. The Balaban J connectivity index is 1.54. The second-order valence-electron chi connectivity index (χ2n) is 8.30. The number of carbonyl (C=O) groups is 1. The molecule has 0 radical (unpaired) electrons. The molecule has 0 saturated carbocycles. The topological polar surface area (TPSA) is 109 Å². The lowest BCUT2D eigenvalue weighted by molar-refractivity contribution is -0.154. The van der Waals surface area contributed by atoms with E-state index in [0.29, 0.717) is 25.3 Å². The summed E-state index contributed by atoms with van der Waals surface area (Å²) < 4.78 is 5.30. The molecule has 168 valence electrons. The van der Waals surface area contributed by atoms with Crippen LogP contribution in [-0.2, 0) is 16.1 Å². The Bertz CT molecular complexity index is 1030. The van der Waals surface area contributed by atoms with Gasteiger partial charge in [-0.2, -0.15) is 0 Å². The molecule has 0 amide bonds. The van der Waals surface area contributed by atoms with Gasteiger partial charge in [-0.1, -0.05) is 12.1 Å². The third-order valence-electron chi connectivity index (χ3n) is 4.36. The quantitative estimate of drug-likeness (QED) is 0.337. The molecule has 3 rings (SSSR count). The Hall–Kier alpha value is -3.52. The van der Waals surface area contributed by atoms with Crippen LogP contribution < -0.4 is 10.6 Å². The van der Waals surface area contributed by atoms with E-state index < -0.39 is 5.60 Å². The summed E-state index contributed by atoms with van der Waals surface area (Å²) in [7, 11) is 0. The highest BCUT2D eigenvalue weighted by molar-refractivity contribution is 5.69. The van der Waals surface area contributed by atoms with Gasteiger partial charge in [0, 0.05) is 36.6 Å². The molecule has 0 atom stereocenters. The predicted octanol–water partition coefficient (Wildman–Crippen LogP) is 4.31. The summed E-state index contributed by atoms with van der Waals surface area (Å²) in [4.78, 5) is 25.0. The van der Waals surface area contributed by atoms with E-state index in [1.807, 2.05) is 63.2 Å². The third kappa shape index (κ3) is 7.31. The van der Waals surface area contributed by atoms with Crippen molar-refractivity contribution in [1.82, 2.24) is 15.0 Å². The number of carbonyl (C=O) groups excluding carboxylic acids is 1. The van der Waals surface area contributed by atoms with Crippen molar-refractivity contribution in [2.75, 3.05) is 17.2 Å². The first-order valence-corrected chi connectivity index (χ1v) is 10.5. The van der Waals surface area contributed by atoms with Crippen molar-refractivity contribution < 1.29 is 14.6 Å². The second-order valence-corrected chi connectivity index (χ2v) is 8.30. The SMILES string of the molecule is CC(C)(C)OC(=O)CCCNc1ccc(-c2ccnc(Nc3cccc(CO)c3)n2)cn1. The van der Waals surface area contributed by atoms with Crippen LogP contribution in [0.25, 0.3) is 11.3 Å². The minimum atomic E-state index is -0.457. The molecular formula is C24H29N5O3. The fourth-order valence-corrected chi connectivity index (χ4v) is 2.95. The van der Waals surface area contributed by atoms with Crippen molar-refractivity contribution in [1.29, 1.82) is 0 Å². The van der Waals surface area contributed by atoms with E-state index >= 15 is 0 Å². The number of aromatic nitrogens is 3. The van der Waals surface area contributed by atoms with Gasteiger partial charge in [0.05, 0.1) is 12.3 Å². The first-order chi connectivity index (χ1) is 15.3. The maximum absolute atomic E-state index is 11.8. The number of anilines is 3. The lowest BCUT2D eigenvalue weighted by Crippen LogP contribution is -2.24. The highest BCUT2D eigenvalue weighted by Gasteiger charge is 2.15. The molecule has 3 N–H and O–H groups in total. The molecule has 0 spiro atoms. The van der Waals surface area contributed by atoms with Crippen LogP contribution in [0.3, 0.4) is 0 Å². The first kappa shape index (κ1) is 23.1. The van der Waals surface area contributed by atoms with Gasteiger partial charge in [0.15, 0.2) is 0 Å². The van der Waals surface area contributed by atoms with E-state index in [1.165, 1.54) is 0 Å². The van der Waals surface area contributed by atoms with E-state index in [2.05, 4.69) is 25.6 Å². The Morgan fingerprint density at radius 2 is 1.97 bits per heavy atom. The van der Waals surface area contributed by atoms with E-state index in [4.69, 9.17) is 4.74 Å². The fourth-order valence-electron chi connectivity index (χ4n) is 2.95. The normalized spacial score (nSPS) is 11.1. The molecule has 0 aliphatic heterocycles. The predicted molar refractivity (Wildman–Crippen MR) is 124 cm³/mol. The Morgan fingerprint density at radius 1 is 1.12 bits per heavy atom. The number of hydrogen-bond donors (Lipinski definition) is 3. The van der Waals surface area contributed by atoms with Gasteiger partial charge in [0.25, 0.3) is 0 Å². The van der Waals surface area contributed by atoms with Crippen LogP contribution in [-0.4, -0.2) is 38.2 Å². The number of hydrogen-bond acceptors (Lipinski definition) is 8. The van der Waals surface area contributed by atoms with Gasteiger partial charge in [0.1, 0.15) is 11.4 Å². The van der Waals surface area contributed by atoms with Crippen molar-refractivity contribution in [2.24, 2.45) is 0 Å². The van der Waals surface area contributed by atoms with Gasteiger partial charge in [-0.15, -0.1) is 0 Å². The average Bonchev–Trinajstić information content (AvgIpc) is 2.76. The number of rotatable bonds is 9. The molecule has 32 heavy (non-hydrogen) atoms. The number of benzene rings is 1. The minimum absolute atomic E-state index is 0.0243. The van der Waals surface area contributed by atoms with E-state index in [0.717, 1.165) is 28.3 Å². The zero-order chi connectivity index (χ0) is 23.0. The number of pyridine rings is 1. The van der Waals surface area contributed by atoms with Crippen LogP contribution >= 0.6 is 0 Å². The Labute approximate surface area is 188 Å². The minimum Gasteiger partial charge on any atom is -0.460 e. The largest absolute Gasteiger partial charge is 0.460 e. The summed E-state index contributed by atoms with van der Waals surface area (Å²) in [5, 5.41) is 15.7. The molecule has 0 fully saturated rings. The molecule has 2 heterocycles. The van der Waals surface area contributed by atoms with E-state index in [-0.39, 0.29) is 12.6 Å². The van der Waals surface area contributed by atoms with Gasteiger partial charge >= 0.3 is 5.97 Å². The van der Waals surface area contributed by atoms with Crippen LogP contribution in [0.15, 0.2) is 54.9 Å². The number of ether oxygens (including phenoxy) is 1. The summed E-state index contributed by atoms with van der Waals surface area (Å²) in [5.74, 6) is 0.993. The smallest absolute Gasteiger partial charge is 0.306 e. The Morgan fingerprint density at radius 3 is 2.69 bits per heavy atom. The fraction of sp³-hybridized carbons (Fsp3) is 0.333. The summed E-state index contributed by atoms with van der Waals surface area (Å²) >= 11 is 0. The van der Waals surface area contributed by atoms with Gasteiger partial charge in [-0.25, -0.2) is 15.0 Å². The average molecular weight is 436 g/mol. The van der Waals surface area contributed by atoms with Crippen LogP contribution in [0.1, 0.15) is 39.2 Å². The third-order valence-corrected chi connectivity index (χ3v) is 4.36. The standard InChI is InChI=1S/C24H29N5O3/c1-24(2,3)32-22(31)8-5-12-25-21-10-9-18(15-27-21)20-11-13-26-23(29-20)28-19-7-4-6-17(14-19)16-30/h4,6-7,9-11,13-15,30H,5,8,12,16H2,1-3H3,(H,25,27)(H,26,28,29). The summed E-state index contributed by atoms with van der Waals surface area (Å²) in [6.07, 6.45) is 4.45. The van der Waals surface area contributed by atoms with Gasteiger partial charge in [-0.3, -0.25) is 4.79 Å².